The summed E-state index contributed by atoms with van der Waals surface area (Å²) in [6, 6.07) is 10.1. The molecule has 1 aromatic carbocycles. The number of rotatable bonds is 4. The van der Waals surface area contributed by atoms with Crippen molar-refractivity contribution >= 4 is 23.0 Å². The van der Waals surface area contributed by atoms with Crippen LogP contribution in [0, 0.1) is 0 Å². The number of carbonyl (C=O) groups excluding carboxylic acids is 1. The van der Waals surface area contributed by atoms with Crippen molar-refractivity contribution in [2.24, 2.45) is 0 Å². The lowest BCUT2D eigenvalue weighted by molar-refractivity contribution is -0.156. The number of fused-ring (bicyclic) bond motifs is 5. The lowest BCUT2D eigenvalue weighted by Crippen LogP contribution is -2.48. The number of esters is 1. The monoisotopic (exact) mass is 437 g/mol. The van der Waals surface area contributed by atoms with Gasteiger partial charge in [0.1, 0.15) is 24.2 Å². The summed E-state index contributed by atoms with van der Waals surface area (Å²) in [4.78, 5) is 14.8. The first kappa shape index (κ1) is 24.9. The number of likely N-dealkylation sites (N-methyl/N-ethyl adjacent to an activating group) is 1. The first-order chi connectivity index (χ1) is 10.7. The second-order valence-electron chi connectivity index (χ2n) is 6.54. The predicted molar refractivity (Wildman–Crippen MR) is 101 cm³/mol. The third-order valence-corrected chi connectivity index (χ3v) is 5.33. The number of morpholine rings is 1. The maximum Gasteiger partial charge on any atom is 0.316 e. The summed E-state index contributed by atoms with van der Waals surface area (Å²) < 4.78 is 11.4. The molecule has 6 atom stereocenters. The molecule has 150 valence electrons. The van der Waals surface area contributed by atoms with Crippen molar-refractivity contribution < 1.29 is 35.8 Å². The summed E-state index contributed by atoms with van der Waals surface area (Å²) in [6.07, 6.45) is 2.26. The smallest absolute Gasteiger partial charge is 0.316 e. The van der Waals surface area contributed by atoms with Crippen molar-refractivity contribution in [3.63, 3.8) is 0 Å². The van der Waals surface area contributed by atoms with Crippen molar-refractivity contribution in [2.45, 2.75) is 49.2 Å². The number of benzene rings is 1. The van der Waals surface area contributed by atoms with Crippen LogP contribution < -0.4 is 0 Å². The standard InChI is InChI=1S/C17H21NO4.BrH.3H2O/c1-18-13-7-11(8-14(18)16-15(13)22-16)21-17(20)12(9-19)10-5-3-2-4-6-10;;;;/h2-6,11-16,19H,7-9H2,1H3;1H;3*1H2/t11?,12-,13-,14+,15-,16-;;;;/m0..../s1. The lowest BCUT2D eigenvalue weighted by atomic mass is 9.97. The van der Waals surface area contributed by atoms with E-state index in [1.54, 1.807) is 0 Å². The van der Waals surface area contributed by atoms with Crippen molar-refractivity contribution in [2.75, 3.05) is 13.7 Å². The number of ether oxygens (including phenoxy) is 2. The average Bonchev–Trinajstić information content (AvgIpc) is 3.27. The molecule has 4 rings (SSSR count). The maximum atomic E-state index is 12.4. The van der Waals surface area contributed by atoms with E-state index in [4.69, 9.17) is 9.47 Å². The first-order valence-electron chi connectivity index (χ1n) is 7.92. The van der Waals surface area contributed by atoms with E-state index in [2.05, 4.69) is 11.9 Å². The van der Waals surface area contributed by atoms with Crippen LogP contribution in [0.15, 0.2) is 30.3 Å². The van der Waals surface area contributed by atoms with Crippen LogP contribution in [0.3, 0.4) is 0 Å². The van der Waals surface area contributed by atoms with Gasteiger partial charge in [-0.1, -0.05) is 30.3 Å². The van der Waals surface area contributed by atoms with Gasteiger partial charge in [0.2, 0.25) is 0 Å². The lowest BCUT2D eigenvalue weighted by Gasteiger charge is -2.38. The Labute approximate surface area is 162 Å². The van der Waals surface area contributed by atoms with Crippen LogP contribution in [0.4, 0.5) is 0 Å². The Hall–Kier alpha value is -1.07. The average molecular weight is 438 g/mol. The number of epoxide rings is 1. The maximum absolute atomic E-state index is 12.4. The molecule has 3 heterocycles. The number of hydrogen-bond donors (Lipinski definition) is 1. The zero-order chi connectivity index (χ0) is 15.3. The Balaban J connectivity index is 0.00000156. The quantitative estimate of drug-likeness (QED) is 0.472. The number of aliphatic hydroxyl groups excluding tert-OH is 1. The fourth-order valence-corrected chi connectivity index (χ4v) is 4.04. The van der Waals surface area contributed by atoms with Crippen LogP contribution in [-0.4, -0.2) is 76.5 Å². The normalized spacial score (nSPS) is 31.7. The highest BCUT2D eigenvalue weighted by molar-refractivity contribution is 8.93. The molecular formula is C17H28BrNO7. The van der Waals surface area contributed by atoms with Crippen molar-refractivity contribution in [3.05, 3.63) is 35.9 Å². The number of piperidine rings is 1. The van der Waals surface area contributed by atoms with Gasteiger partial charge in [-0.3, -0.25) is 9.69 Å². The molecular weight excluding hydrogens is 410 g/mol. The fraction of sp³-hybridized carbons (Fsp3) is 0.588. The molecule has 0 aromatic heterocycles. The molecule has 0 amide bonds. The number of halogens is 1. The summed E-state index contributed by atoms with van der Waals surface area (Å²) in [5.74, 6) is -0.915. The first-order valence-corrected chi connectivity index (χ1v) is 7.92. The van der Waals surface area contributed by atoms with Crippen molar-refractivity contribution in [1.29, 1.82) is 0 Å². The van der Waals surface area contributed by atoms with Crippen LogP contribution in [-0.2, 0) is 14.3 Å². The number of carbonyl (C=O) groups is 1. The Bertz CT molecular complexity index is 557. The van der Waals surface area contributed by atoms with E-state index in [1.807, 2.05) is 30.3 Å². The van der Waals surface area contributed by atoms with Gasteiger partial charge >= 0.3 is 5.97 Å². The zero-order valence-corrected chi connectivity index (χ0v) is 16.2. The SMILES string of the molecule is Br.CN1[C@@H]2CC(OC(=O)[C@@H](CO)c3ccccc3)C[C@H]1[C@@H]1O[C@H]12.O.O.O. The van der Waals surface area contributed by atoms with Crippen LogP contribution in [0.2, 0.25) is 0 Å². The van der Waals surface area contributed by atoms with E-state index in [1.165, 1.54) is 0 Å². The Morgan fingerprint density at radius 2 is 1.73 bits per heavy atom. The molecule has 26 heavy (non-hydrogen) atoms. The molecule has 0 aliphatic carbocycles. The van der Waals surface area contributed by atoms with E-state index >= 15 is 0 Å². The second kappa shape index (κ2) is 9.75. The minimum Gasteiger partial charge on any atom is -0.462 e. The second-order valence-corrected chi connectivity index (χ2v) is 6.54. The highest BCUT2D eigenvalue weighted by atomic mass is 79.9. The van der Waals surface area contributed by atoms with E-state index in [9.17, 15) is 9.90 Å². The largest absolute Gasteiger partial charge is 0.462 e. The third kappa shape index (κ3) is 4.25. The molecule has 3 aliphatic rings. The fourth-order valence-electron chi connectivity index (χ4n) is 4.04. The highest BCUT2D eigenvalue weighted by Gasteiger charge is 2.62. The number of hydrogen-bond acceptors (Lipinski definition) is 5. The number of nitrogens with zero attached hydrogens (tertiary/aromatic N) is 1. The van der Waals surface area contributed by atoms with Gasteiger partial charge in [0, 0.05) is 24.9 Å². The van der Waals surface area contributed by atoms with Gasteiger partial charge in [0.15, 0.2) is 0 Å². The van der Waals surface area contributed by atoms with Crippen molar-refractivity contribution in [1.82, 2.24) is 4.90 Å². The minimum atomic E-state index is -0.593. The van der Waals surface area contributed by atoms with Gasteiger partial charge in [-0.05, 0) is 12.6 Å². The molecule has 3 saturated heterocycles. The topological polar surface area (TPSA) is 157 Å². The summed E-state index contributed by atoms with van der Waals surface area (Å²) >= 11 is 0. The van der Waals surface area contributed by atoms with E-state index in [0.717, 1.165) is 18.4 Å². The van der Waals surface area contributed by atoms with Gasteiger partial charge in [0.05, 0.1) is 6.61 Å². The van der Waals surface area contributed by atoms with E-state index in [0.29, 0.717) is 24.3 Å². The molecule has 9 heteroatoms. The van der Waals surface area contributed by atoms with Gasteiger partial charge in [0.25, 0.3) is 0 Å². The Morgan fingerprint density at radius 3 is 2.23 bits per heavy atom. The summed E-state index contributed by atoms with van der Waals surface area (Å²) in [5, 5.41) is 9.56. The van der Waals surface area contributed by atoms with Crippen LogP contribution in [0.1, 0.15) is 24.3 Å². The van der Waals surface area contributed by atoms with Gasteiger partial charge < -0.3 is 31.0 Å². The van der Waals surface area contributed by atoms with Gasteiger partial charge in [-0.25, -0.2) is 0 Å². The van der Waals surface area contributed by atoms with Crippen molar-refractivity contribution in [3.8, 4) is 0 Å². The summed E-state index contributed by atoms with van der Waals surface area (Å²) in [6.45, 7) is -0.226. The molecule has 7 N–H and O–H groups in total. The third-order valence-electron chi connectivity index (χ3n) is 5.33. The summed E-state index contributed by atoms with van der Waals surface area (Å²) in [7, 11) is 2.13. The summed E-state index contributed by atoms with van der Waals surface area (Å²) in [5.41, 5.74) is 0.803. The molecule has 0 saturated carbocycles. The van der Waals surface area contributed by atoms with Crippen LogP contribution >= 0.6 is 17.0 Å². The Morgan fingerprint density at radius 1 is 1.19 bits per heavy atom. The molecule has 3 aliphatic heterocycles. The molecule has 2 bridgehead atoms. The van der Waals surface area contributed by atoms with Crippen LogP contribution in [0.25, 0.3) is 0 Å². The number of aliphatic hydroxyl groups is 1. The Kier molecular flexibility index (Phi) is 9.35. The molecule has 0 spiro atoms. The highest BCUT2D eigenvalue weighted by Crippen LogP contribution is 2.48. The van der Waals surface area contributed by atoms with Gasteiger partial charge in [-0.15, -0.1) is 17.0 Å². The molecule has 1 aromatic rings. The van der Waals surface area contributed by atoms with E-state index < -0.39 is 5.92 Å². The van der Waals surface area contributed by atoms with E-state index in [-0.39, 0.29) is 52.1 Å². The predicted octanol–water partition coefficient (Wildman–Crippen LogP) is -0.978. The molecule has 3 fully saturated rings. The molecule has 0 radical (unpaired) electrons. The van der Waals surface area contributed by atoms with Gasteiger partial charge in [-0.2, -0.15) is 0 Å². The zero-order valence-electron chi connectivity index (χ0n) is 14.5. The molecule has 8 nitrogen and oxygen atoms in total. The minimum absolute atomic E-state index is 0. The molecule has 1 unspecified atom stereocenters. The van der Waals surface area contributed by atoms with Crippen LogP contribution in [0.5, 0.6) is 0 Å².